The van der Waals surface area contributed by atoms with E-state index < -0.39 is 0 Å². The molecule has 92 valence electrons. The minimum absolute atomic E-state index is 0.0972. The van der Waals surface area contributed by atoms with Crippen LogP contribution in [0, 0.1) is 6.92 Å². The Morgan fingerprint density at radius 3 is 2.53 bits per heavy atom. The molecule has 1 aromatic rings. The van der Waals surface area contributed by atoms with Gasteiger partial charge in [-0.1, -0.05) is 39.7 Å². The van der Waals surface area contributed by atoms with Crippen molar-refractivity contribution < 1.29 is 14.3 Å². The van der Waals surface area contributed by atoms with E-state index in [2.05, 4.69) is 20.7 Å². The van der Waals surface area contributed by atoms with E-state index in [4.69, 9.17) is 0 Å². The molecule has 4 heteroatoms. The second kappa shape index (κ2) is 6.55. The van der Waals surface area contributed by atoms with Crippen molar-refractivity contribution in [2.45, 2.75) is 19.8 Å². The molecule has 3 nitrogen and oxygen atoms in total. The van der Waals surface area contributed by atoms with Gasteiger partial charge in [-0.15, -0.1) is 0 Å². The van der Waals surface area contributed by atoms with Crippen molar-refractivity contribution in [3.8, 4) is 0 Å². The summed E-state index contributed by atoms with van der Waals surface area (Å²) in [6.45, 7) is 1.96. The molecule has 1 aromatic carbocycles. The van der Waals surface area contributed by atoms with Crippen LogP contribution >= 0.6 is 15.9 Å². The highest BCUT2D eigenvalue weighted by Crippen LogP contribution is 2.14. The molecule has 17 heavy (non-hydrogen) atoms. The molecule has 0 N–H and O–H groups in total. The van der Waals surface area contributed by atoms with Crippen LogP contribution in [0.1, 0.15) is 16.7 Å². The first-order chi connectivity index (χ1) is 8.06. The third kappa shape index (κ3) is 4.30. The number of halogens is 1. The largest absolute Gasteiger partial charge is 0.469 e. The van der Waals surface area contributed by atoms with E-state index in [9.17, 15) is 9.59 Å². The van der Waals surface area contributed by atoms with E-state index in [1.165, 1.54) is 7.11 Å². The zero-order valence-electron chi connectivity index (χ0n) is 9.96. The predicted octanol–water partition coefficient (Wildman–Crippen LogP) is 2.22. The standard InChI is InChI=1S/C13H15BrO3/c1-9-3-4-10(6-12(15)8-14)11(5-9)7-13(16)17-2/h3-5H,6-8H2,1-2H3. The van der Waals surface area contributed by atoms with Crippen molar-refractivity contribution in [2.75, 3.05) is 12.4 Å². The topological polar surface area (TPSA) is 43.4 Å². The van der Waals surface area contributed by atoms with Crippen molar-refractivity contribution in [3.63, 3.8) is 0 Å². The molecule has 0 radical (unpaired) electrons. The minimum Gasteiger partial charge on any atom is -0.469 e. The summed E-state index contributed by atoms with van der Waals surface area (Å²) in [4.78, 5) is 22.7. The van der Waals surface area contributed by atoms with Crippen LogP contribution in [-0.2, 0) is 27.2 Å². The molecular formula is C13H15BrO3. The number of aryl methyl sites for hydroxylation is 1. The molecule has 0 unspecified atom stereocenters. The first kappa shape index (κ1) is 13.9. The Kier molecular flexibility index (Phi) is 5.35. The van der Waals surface area contributed by atoms with Crippen molar-refractivity contribution in [1.82, 2.24) is 0 Å². The van der Waals surface area contributed by atoms with Gasteiger partial charge in [0.05, 0.1) is 18.9 Å². The predicted molar refractivity (Wildman–Crippen MR) is 69.4 cm³/mol. The van der Waals surface area contributed by atoms with Crippen LogP contribution in [0.5, 0.6) is 0 Å². The number of ketones is 1. The zero-order chi connectivity index (χ0) is 12.8. The number of rotatable bonds is 5. The number of hydrogen-bond acceptors (Lipinski definition) is 3. The molecule has 0 saturated heterocycles. The van der Waals surface area contributed by atoms with E-state index in [1.807, 2.05) is 25.1 Å². The van der Waals surface area contributed by atoms with Crippen LogP contribution in [0.15, 0.2) is 18.2 Å². The summed E-state index contributed by atoms with van der Waals surface area (Å²) < 4.78 is 4.65. The first-order valence-electron chi connectivity index (χ1n) is 5.29. The lowest BCUT2D eigenvalue weighted by Crippen LogP contribution is -2.10. The van der Waals surface area contributed by atoms with Gasteiger partial charge in [0, 0.05) is 6.42 Å². The number of methoxy groups -OCH3 is 1. The third-order valence-electron chi connectivity index (χ3n) is 2.46. The van der Waals surface area contributed by atoms with Crippen LogP contribution < -0.4 is 0 Å². The molecule has 0 atom stereocenters. The van der Waals surface area contributed by atoms with Crippen molar-refractivity contribution >= 4 is 27.7 Å². The number of esters is 1. The Labute approximate surface area is 109 Å². The Hall–Kier alpha value is -1.16. The van der Waals surface area contributed by atoms with Crippen LogP contribution in [-0.4, -0.2) is 24.2 Å². The Morgan fingerprint density at radius 1 is 1.24 bits per heavy atom. The number of Topliss-reactive ketones (excluding diaryl/α,β-unsaturated/α-hetero) is 1. The fourth-order valence-electron chi connectivity index (χ4n) is 1.58. The summed E-state index contributed by atoms with van der Waals surface area (Å²) in [5, 5.41) is 0.332. The lowest BCUT2D eigenvalue weighted by atomic mass is 9.98. The molecule has 0 aromatic heterocycles. The first-order valence-corrected chi connectivity index (χ1v) is 6.42. The Balaban J connectivity index is 2.95. The third-order valence-corrected chi connectivity index (χ3v) is 3.09. The Morgan fingerprint density at radius 2 is 1.94 bits per heavy atom. The minimum atomic E-state index is -0.289. The summed E-state index contributed by atoms with van der Waals surface area (Å²) >= 11 is 3.13. The van der Waals surface area contributed by atoms with Gasteiger partial charge in [0.25, 0.3) is 0 Å². The fraction of sp³-hybridized carbons (Fsp3) is 0.385. The maximum absolute atomic E-state index is 11.4. The normalized spacial score (nSPS) is 10.1. The van der Waals surface area contributed by atoms with Gasteiger partial charge in [0.2, 0.25) is 0 Å². The molecule has 0 aliphatic carbocycles. The lowest BCUT2D eigenvalue weighted by Gasteiger charge is -2.08. The molecule has 0 aliphatic rings. The van der Waals surface area contributed by atoms with Gasteiger partial charge in [0.1, 0.15) is 5.78 Å². The summed E-state index contributed by atoms with van der Waals surface area (Å²) in [6, 6.07) is 5.76. The molecule has 0 heterocycles. The van der Waals surface area contributed by atoms with E-state index in [1.54, 1.807) is 0 Å². The highest BCUT2D eigenvalue weighted by molar-refractivity contribution is 9.09. The molecule has 0 saturated carbocycles. The highest BCUT2D eigenvalue weighted by atomic mass is 79.9. The SMILES string of the molecule is COC(=O)Cc1cc(C)ccc1CC(=O)CBr. The average Bonchev–Trinajstić information content (AvgIpc) is 2.32. The van der Waals surface area contributed by atoms with E-state index in [-0.39, 0.29) is 18.2 Å². The summed E-state index contributed by atoms with van der Waals surface area (Å²) in [7, 11) is 1.36. The highest BCUT2D eigenvalue weighted by Gasteiger charge is 2.11. The van der Waals surface area contributed by atoms with Crippen molar-refractivity contribution in [1.29, 1.82) is 0 Å². The monoisotopic (exact) mass is 298 g/mol. The number of carbonyl (C=O) groups excluding carboxylic acids is 2. The molecule has 0 spiro atoms. The lowest BCUT2D eigenvalue weighted by molar-refractivity contribution is -0.139. The molecule has 0 aliphatic heterocycles. The second-order valence-electron chi connectivity index (χ2n) is 3.87. The zero-order valence-corrected chi connectivity index (χ0v) is 11.5. The second-order valence-corrected chi connectivity index (χ2v) is 4.43. The number of hydrogen-bond donors (Lipinski definition) is 0. The molecule has 1 rings (SSSR count). The van der Waals surface area contributed by atoms with Gasteiger partial charge in [-0.25, -0.2) is 0 Å². The summed E-state index contributed by atoms with van der Waals surface area (Å²) in [5.74, 6) is -0.192. The summed E-state index contributed by atoms with van der Waals surface area (Å²) in [6.07, 6.45) is 0.556. The quantitative estimate of drug-likeness (QED) is 0.618. The van der Waals surface area contributed by atoms with E-state index in [0.717, 1.165) is 16.7 Å². The van der Waals surface area contributed by atoms with Crippen LogP contribution in [0.2, 0.25) is 0 Å². The molecular weight excluding hydrogens is 284 g/mol. The molecule has 0 amide bonds. The maximum Gasteiger partial charge on any atom is 0.309 e. The number of benzene rings is 1. The number of alkyl halides is 1. The average molecular weight is 299 g/mol. The van der Waals surface area contributed by atoms with Crippen molar-refractivity contribution in [3.05, 3.63) is 34.9 Å². The van der Waals surface area contributed by atoms with Gasteiger partial charge in [-0.3, -0.25) is 9.59 Å². The van der Waals surface area contributed by atoms with Gasteiger partial charge in [-0.2, -0.15) is 0 Å². The van der Waals surface area contributed by atoms with Crippen LogP contribution in [0.3, 0.4) is 0 Å². The fourth-order valence-corrected chi connectivity index (χ4v) is 1.78. The summed E-state index contributed by atoms with van der Waals surface area (Å²) in [5.41, 5.74) is 2.83. The molecule has 0 fully saturated rings. The van der Waals surface area contributed by atoms with Gasteiger partial charge in [0.15, 0.2) is 0 Å². The van der Waals surface area contributed by atoms with Gasteiger partial charge in [-0.05, 0) is 18.1 Å². The van der Waals surface area contributed by atoms with Gasteiger partial charge >= 0.3 is 5.97 Å². The van der Waals surface area contributed by atoms with Gasteiger partial charge < -0.3 is 4.74 Å². The van der Waals surface area contributed by atoms with Crippen molar-refractivity contribution in [2.24, 2.45) is 0 Å². The van der Waals surface area contributed by atoms with Crippen LogP contribution in [0.25, 0.3) is 0 Å². The molecule has 0 bridgehead atoms. The Bertz CT molecular complexity index is 427. The van der Waals surface area contributed by atoms with E-state index >= 15 is 0 Å². The maximum atomic E-state index is 11.4. The van der Waals surface area contributed by atoms with Crippen LogP contribution in [0.4, 0.5) is 0 Å². The number of carbonyl (C=O) groups is 2. The number of ether oxygens (including phenoxy) is 1. The van der Waals surface area contributed by atoms with E-state index in [0.29, 0.717) is 11.8 Å². The smallest absolute Gasteiger partial charge is 0.309 e.